The van der Waals surface area contributed by atoms with Gasteiger partial charge in [0.1, 0.15) is 0 Å². The van der Waals surface area contributed by atoms with E-state index < -0.39 is 5.60 Å². The topological polar surface area (TPSA) is 23.5 Å². The highest BCUT2D eigenvalue weighted by atomic mass is 16.3. The Labute approximate surface area is 157 Å². The third kappa shape index (κ3) is 3.33. The minimum absolute atomic E-state index is 0.152. The molecular formula is C24H31NO. The van der Waals surface area contributed by atoms with Gasteiger partial charge in [-0.1, -0.05) is 75.4 Å². The monoisotopic (exact) mass is 349 g/mol. The van der Waals surface area contributed by atoms with Crippen molar-refractivity contribution in [2.45, 2.75) is 76.1 Å². The molecule has 4 rings (SSSR count). The summed E-state index contributed by atoms with van der Waals surface area (Å²) in [7, 11) is 0. The number of fused-ring (bicyclic) bond motifs is 2. The predicted molar refractivity (Wildman–Crippen MR) is 107 cm³/mol. The van der Waals surface area contributed by atoms with E-state index in [0.717, 1.165) is 24.9 Å². The van der Waals surface area contributed by atoms with Crippen LogP contribution in [0, 0.1) is 0 Å². The van der Waals surface area contributed by atoms with E-state index in [-0.39, 0.29) is 5.41 Å². The number of hydrogen-bond acceptors (Lipinski definition) is 2. The summed E-state index contributed by atoms with van der Waals surface area (Å²) in [5.74, 6) is 0. The van der Waals surface area contributed by atoms with Crippen LogP contribution in [0.2, 0.25) is 0 Å². The molecule has 2 bridgehead atoms. The van der Waals surface area contributed by atoms with E-state index in [1.165, 1.54) is 24.0 Å². The van der Waals surface area contributed by atoms with Gasteiger partial charge in [0, 0.05) is 18.6 Å². The molecule has 0 saturated carbocycles. The molecule has 0 spiro atoms. The van der Waals surface area contributed by atoms with Gasteiger partial charge in [-0.25, -0.2) is 0 Å². The Bertz CT molecular complexity index is 730. The van der Waals surface area contributed by atoms with E-state index in [2.05, 4.69) is 80.3 Å². The van der Waals surface area contributed by atoms with Crippen LogP contribution in [0.3, 0.4) is 0 Å². The van der Waals surface area contributed by atoms with Crippen molar-refractivity contribution in [2.24, 2.45) is 0 Å². The number of hydrogen-bond donors (Lipinski definition) is 1. The first-order valence-corrected chi connectivity index (χ1v) is 9.98. The molecule has 1 N–H and O–H groups in total. The normalized spacial score (nSPS) is 29.1. The summed E-state index contributed by atoms with van der Waals surface area (Å²) in [5, 5.41) is 11.5. The van der Waals surface area contributed by atoms with Crippen LogP contribution in [0.1, 0.15) is 63.1 Å². The summed E-state index contributed by atoms with van der Waals surface area (Å²) in [6.45, 7) is 7.71. The van der Waals surface area contributed by atoms with Crippen molar-refractivity contribution < 1.29 is 5.11 Å². The lowest BCUT2D eigenvalue weighted by atomic mass is 9.78. The molecule has 2 aromatic carbocycles. The Morgan fingerprint density at radius 1 is 0.923 bits per heavy atom. The molecule has 26 heavy (non-hydrogen) atoms. The minimum atomic E-state index is -0.671. The van der Waals surface area contributed by atoms with Crippen molar-refractivity contribution in [3.05, 3.63) is 71.3 Å². The van der Waals surface area contributed by atoms with Crippen molar-refractivity contribution in [1.82, 2.24) is 4.90 Å². The van der Waals surface area contributed by atoms with Gasteiger partial charge >= 0.3 is 0 Å². The lowest BCUT2D eigenvalue weighted by Gasteiger charge is -2.44. The quantitative estimate of drug-likeness (QED) is 0.843. The average Bonchev–Trinajstić information content (AvgIpc) is 2.86. The number of piperidine rings is 1. The van der Waals surface area contributed by atoms with Gasteiger partial charge in [0.2, 0.25) is 0 Å². The Balaban J connectivity index is 1.52. The Morgan fingerprint density at radius 3 is 2.04 bits per heavy atom. The zero-order valence-corrected chi connectivity index (χ0v) is 16.3. The molecule has 2 heteroatoms. The first-order chi connectivity index (χ1) is 12.4. The van der Waals surface area contributed by atoms with Crippen LogP contribution in [0.15, 0.2) is 54.6 Å². The van der Waals surface area contributed by atoms with E-state index in [0.29, 0.717) is 12.1 Å². The van der Waals surface area contributed by atoms with Crippen LogP contribution >= 0.6 is 0 Å². The second-order valence-corrected chi connectivity index (χ2v) is 9.31. The number of nitrogens with zero attached hydrogens (tertiary/aromatic N) is 1. The van der Waals surface area contributed by atoms with Gasteiger partial charge in [0.15, 0.2) is 0 Å². The largest absolute Gasteiger partial charge is 0.385 e. The molecule has 2 nitrogen and oxygen atoms in total. The fraction of sp³-hybridized carbons (Fsp3) is 0.500. The fourth-order valence-electron chi connectivity index (χ4n) is 4.88. The molecule has 2 saturated heterocycles. The number of rotatable bonds is 3. The van der Waals surface area contributed by atoms with Gasteiger partial charge in [0.05, 0.1) is 5.60 Å². The summed E-state index contributed by atoms with van der Waals surface area (Å²) < 4.78 is 0. The molecule has 0 amide bonds. The Hall–Kier alpha value is -1.64. The van der Waals surface area contributed by atoms with E-state index in [4.69, 9.17) is 0 Å². The maximum atomic E-state index is 11.5. The minimum Gasteiger partial charge on any atom is -0.385 e. The van der Waals surface area contributed by atoms with Gasteiger partial charge in [-0.05, 0) is 47.8 Å². The Kier molecular flexibility index (Phi) is 4.45. The maximum Gasteiger partial charge on any atom is 0.0926 e. The van der Waals surface area contributed by atoms with Gasteiger partial charge in [-0.3, -0.25) is 4.90 Å². The lowest BCUT2D eigenvalue weighted by Crippen LogP contribution is -2.49. The van der Waals surface area contributed by atoms with Crippen LogP contribution in [0.25, 0.3) is 0 Å². The predicted octanol–water partition coefficient (Wildman–Crippen LogP) is 5.00. The highest BCUT2D eigenvalue weighted by Gasteiger charge is 2.48. The number of aliphatic hydroxyl groups is 1. The zero-order valence-electron chi connectivity index (χ0n) is 16.3. The average molecular weight is 350 g/mol. The molecule has 0 aromatic heterocycles. The molecule has 2 unspecified atom stereocenters. The molecule has 2 atom stereocenters. The molecule has 2 heterocycles. The van der Waals surface area contributed by atoms with E-state index >= 15 is 0 Å². The van der Waals surface area contributed by atoms with E-state index in [9.17, 15) is 5.11 Å². The van der Waals surface area contributed by atoms with Crippen LogP contribution in [-0.4, -0.2) is 22.1 Å². The molecule has 2 fully saturated rings. The molecule has 2 aliphatic rings. The van der Waals surface area contributed by atoms with Crippen molar-refractivity contribution in [3.63, 3.8) is 0 Å². The van der Waals surface area contributed by atoms with Crippen molar-refractivity contribution in [2.75, 3.05) is 0 Å². The van der Waals surface area contributed by atoms with E-state index in [1.54, 1.807) is 0 Å². The van der Waals surface area contributed by atoms with Gasteiger partial charge in [-0.15, -0.1) is 0 Å². The van der Waals surface area contributed by atoms with Crippen LogP contribution in [-0.2, 0) is 17.6 Å². The second kappa shape index (κ2) is 6.51. The second-order valence-electron chi connectivity index (χ2n) is 9.31. The van der Waals surface area contributed by atoms with Crippen LogP contribution < -0.4 is 0 Å². The lowest BCUT2D eigenvalue weighted by molar-refractivity contribution is -0.0595. The molecular weight excluding hydrogens is 318 g/mol. The third-order valence-corrected chi connectivity index (χ3v) is 6.41. The molecule has 0 aliphatic carbocycles. The Morgan fingerprint density at radius 2 is 1.50 bits per heavy atom. The summed E-state index contributed by atoms with van der Waals surface area (Å²) >= 11 is 0. The molecule has 2 aliphatic heterocycles. The summed E-state index contributed by atoms with van der Waals surface area (Å²) in [6, 6.07) is 20.4. The molecule has 0 radical (unpaired) electrons. The van der Waals surface area contributed by atoms with Crippen molar-refractivity contribution >= 4 is 0 Å². The molecule has 2 aromatic rings. The standard InChI is InChI=1S/C24H31NO/c1-23(2,3)19-9-11-20(12-10-19)24(26)15-21-13-14-22(16-24)25(21)17-18-7-5-4-6-8-18/h4-12,21-22,26H,13-17H2,1-3H3. The maximum absolute atomic E-state index is 11.5. The third-order valence-electron chi connectivity index (χ3n) is 6.41. The van der Waals surface area contributed by atoms with E-state index in [1.807, 2.05) is 0 Å². The van der Waals surface area contributed by atoms with Gasteiger partial charge < -0.3 is 5.11 Å². The van der Waals surface area contributed by atoms with Gasteiger partial charge in [-0.2, -0.15) is 0 Å². The van der Waals surface area contributed by atoms with Crippen LogP contribution in [0.5, 0.6) is 0 Å². The zero-order chi connectivity index (χ0) is 18.4. The van der Waals surface area contributed by atoms with Crippen molar-refractivity contribution in [3.8, 4) is 0 Å². The smallest absolute Gasteiger partial charge is 0.0926 e. The van der Waals surface area contributed by atoms with Gasteiger partial charge in [0.25, 0.3) is 0 Å². The fourth-order valence-corrected chi connectivity index (χ4v) is 4.88. The first kappa shape index (κ1) is 17.8. The summed E-state index contributed by atoms with van der Waals surface area (Å²) in [5.41, 5.74) is 3.29. The first-order valence-electron chi connectivity index (χ1n) is 9.98. The van der Waals surface area contributed by atoms with Crippen molar-refractivity contribution in [1.29, 1.82) is 0 Å². The highest BCUT2D eigenvalue weighted by molar-refractivity contribution is 5.32. The summed E-state index contributed by atoms with van der Waals surface area (Å²) in [6.07, 6.45) is 4.12. The van der Waals surface area contributed by atoms with Crippen LogP contribution in [0.4, 0.5) is 0 Å². The molecule has 138 valence electrons. The summed E-state index contributed by atoms with van der Waals surface area (Å²) in [4.78, 5) is 2.63. The number of benzene rings is 2. The SMILES string of the molecule is CC(C)(C)c1ccc(C2(O)CC3CCC(C2)N3Cc2ccccc2)cc1. The highest BCUT2D eigenvalue weighted by Crippen LogP contribution is 2.46.